The number of halogens is 3. The number of hydrogen-bond donors (Lipinski definition) is 2. The first-order valence-electron chi connectivity index (χ1n) is 11.0. The van der Waals surface area contributed by atoms with Crippen molar-refractivity contribution >= 4 is 23.1 Å². The van der Waals surface area contributed by atoms with Crippen molar-refractivity contribution in [3.8, 4) is 5.75 Å². The van der Waals surface area contributed by atoms with Crippen LogP contribution in [0, 0.1) is 5.92 Å². The van der Waals surface area contributed by atoms with Crippen LogP contribution in [-0.4, -0.2) is 16.6 Å². The summed E-state index contributed by atoms with van der Waals surface area (Å²) in [6, 6.07) is 14.5. The maximum atomic E-state index is 13.6. The Morgan fingerprint density at radius 1 is 1.00 bits per heavy atom. The van der Waals surface area contributed by atoms with E-state index in [4.69, 9.17) is 4.74 Å². The number of aromatic nitrogens is 2. The normalized spacial score (nSPS) is 11.5. The van der Waals surface area contributed by atoms with Crippen molar-refractivity contribution in [3.63, 3.8) is 0 Å². The average Bonchev–Trinajstić information content (AvgIpc) is 2.77. The molecule has 0 spiro atoms. The zero-order valence-electron chi connectivity index (χ0n) is 19.0. The lowest BCUT2D eigenvalue weighted by atomic mass is 10.1. The molecule has 1 aromatic heterocycles. The van der Waals surface area contributed by atoms with Gasteiger partial charge in [0.1, 0.15) is 17.1 Å². The molecule has 3 rings (SSSR count). The smallest absolute Gasteiger partial charge is 0.421 e. The molecule has 0 atom stereocenters. The van der Waals surface area contributed by atoms with Gasteiger partial charge in [-0.3, -0.25) is 0 Å². The third kappa shape index (κ3) is 7.37. The SMILES string of the molecule is CCCCc1ccc(Nc2ncc(C(F)(F)F)c(Nc3cccc(OCC(C)C)c3)n2)cc1. The summed E-state index contributed by atoms with van der Waals surface area (Å²) in [5.41, 5.74) is 1.39. The average molecular weight is 459 g/mol. The molecule has 5 nitrogen and oxygen atoms in total. The Morgan fingerprint density at radius 3 is 2.42 bits per heavy atom. The van der Waals surface area contributed by atoms with Crippen molar-refractivity contribution in [1.82, 2.24) is 9.97 Å². The van der Waals surface area contributed by atoms with Gasteiger partial charge in [0, 0.05) is 23.6 Å². The van der Waals surface area contributed by atoms with Crippen molar-refractivity contribution in [3.05, 3.63) is 65.9 Å². The Hall–Kier alpha value is -3.29. The van der Waals surface area contributed by atoms with E-state index < -0.39 is 11.7 Å². The van der Waals surface area contributed by atoms with E-state index in [1.165, 1.54) is 5.56 Å². The van der Waals surface area contributed by atoms with Gasteiger partial charge in [0.2, 0.25) is 5.95 Å². The van der Waals surface area contributed by atoms with Gasteiger partial charge in [0.25, 0.3) is 0 Å². The summed E-state index contributed by atoms with van der Waals surface area (Å²) in [6.07, 6.45) is -0.614. The van der Waals surface area contributed by atoms with Crippen molar-refractivity contribution in [2.75, 3.05) is 17.2 Å². The number of rotatable bonds is 10. The first-order valence-corrected chi connectivity index (χ1v) is 11.0. The molecule has 2 N–H and O–H groups in total. The summed E-state index contributed by atoms with van der Waals surface area (Å²) in [5.74, 6) is 0.632. The molecule has 0 radical (unpaired) electrons. The summed E-state index contributed by atoms with van der Waals surface area (Å²) in [6.45, 7) is 6.69. The largest absolute Gasteiger partial charge is 0.493 e. The number of anilines is 4. The molecule has 0 saturated carbocycles. The molecule has 0 aliphatic carbocycles. The van der Waals surface area contributed by atoms with Gasteiger partial charge >= 0.3 is 6.18 Å². The van der Waals surface area contributed by atoms with Gasteiger partial charge in [-0.2, -0.15) is 18.2 Å². The van der Waals surface area contributed by atoms with Gasteiger partial charge < -0.3 is 15.4 Å². The summed E-state index contributed by atoms with van der Waals surface area (Å²) < 4.78 is 46.4. The van der Waals surface area contributed by atoms with Crippen LogP contribution in [0.2, 0.25) is 0 Å². The van der Waals surface area contributed by atoms with Crippen LogP contribution in [0.25, 0.3) is 0 Å². The Bertz CT molecular complexity index is 1040. The predicted octanol–water partition coefficient (Wildman–Crippen LogP) is 7.36. The number of ether oxygens (including phenoxy) is 1. The van der Waals surface area contributed by atoms with E-state index in [0.717, 1.165) is 25.5 Å². The minimum atomic E-state index is -4.60. The molecular formula is C25H29F3N4O. The van der Waals surface area contributed by atoms with Crippen molar-refractivity contribution in [1.29, 1.82) is 0 Å². The number of nitrogens with one attached hydrogen (secondary N) is 2. The molecule has 3 aromatic rings. The molecule has 8 heteroatoms. The zero-order chi connectivity index (χ0) is 23.8. The fraction of sp³-hybridized carbons (Fsp3) is 0.360. The molecule has 0 aliphatic rings. The van der Waals surface area contributed by atoms with E-state index in [-0.39, 0.29) is 11.8 Å². The van der Waals surface area contributed by atoms with E-state index >= 15 is 0 Å². The van der Waals surface area contributed by atoms with Gasteiger partial charge in [-0.05, 0) is 48.6 Å². The summed E-state index contributed by atoms with van der Waals surface area (Å²) in [5, 5.41) is 5.76. The van der Waals surface area contributed by atoms with Gasteiger partial charge in [-0.25, -0.2) is 4.98 Å². The first kappa shape index (κ1) is 24.4. The van der Waals surface area contributed by atoms with E-state index in [9.17, 15) is 13.2 Å². The lowest BCUT2D eigenvalue weighted by Crippen LogP contribution is -2.12. The predicted molar refractivity (Wildman–Crippen MR) is 125 cm³/mol. The van der Waals surface area contributed by atoms with Crippen LogP contribution in [0.3, 0.4) is 0 Å². The number of unbranched alkanes of at least 4 members (excludes halogenated alkanes) is 1. The van der Waals surface area contributed by atoms with Gasteiger partial charge in [0.15, 0.2) is 0 Å². The second kappa shape index (κ2) is 11.0. The molecule has 0 amide bonds. The molecular weight excluding hydrogens is 429 g/mol. The Balaban J connectivity index is 1.81. The molecule has 2 aromatic carbocycles. The molecule has 0 fully saturated rings. The molecule has 33 heavy (non-hydrogen) atoms. The molecule has 176 valence electrons. The van der Waals surface area contributed by atoms with Gasteiger partial charge in [-0.15, -0.1) is 0 Å². The minimum absolute atomic E-state index is 0.0685. The molecule has 1 heterocycles. The Labute approximate surface area is 192 Å². The van der Waals surface area contributed by atoms with E-state index in [1.54, 1.807) is 24.3 Å². The van der Waals surface area contributed by atoms with E-state index in [2.05, 4.69) is 27.5 Å². The minimum Gasteiger partial charge on any atom is -0.493 e. The number of benzene rings is 2. The highest BCUT2D eigenvalue weighted by molar-refractivity contribution is 5.64. The monoisotopic (exact) mass is 458 g/mol. The quantitative estimate of drug-likeness (QED) is 0.332. The van der Waals surface area contributed by atoms with Crippen LogP contribution in [0.5, 0.6) is 5.75 Å². The number of hydrogen-bond acceptors (Lipinski definition) is 5. The molecule has 0 bridgehead atoms. The van der Waals surface area contributed by atoms with Gasteiger partial charge in [0.05, 0.1) is 6.61 Å². The topological polar surface area (TPSA) is 59.1 Å². The second-order valence-electron chi connectivity index (χ2n) is 8.24. The number of alkyl halides is 3. The van der Waals surface area contributed by atoms with Gasteiger partial charge in [-0.1, -0.05) is 45.4 Å². The third-order valence-electron chi connectivity index (χ3n) is 4.80. The summed E-state index contributed by atoms with van der Waals surface area (Å²) in [7, 11) is 0. The van der Waals surface area contributed by atoms with Crippen LogP contribution in [0.4, 0.5) is 36.3 Å². The number of nitrogens with zero attached hydrogens (tertiary/aromatic N) is 2. The highest BCUT2D eigenvalue weighted by Gasteiger charge is 2.35. The fourth-order valence-electron chi connectivity index (χ4n) is 3.07. The highest BCUT2D eigenvalue weighted by Crippen LogP contribution is 2.35. The summed E-state index contributed by atoms with van der Waals surface area (Å²) >= 11 is 0. The Morgan fingerprint density at radius 2 is 1.76 bits per heavy atom. The lowest BCUT2D eigenvalue weighted by Gasteiger charge is -2.16. The standard InChI is InChI=1S/C25H29F3N4O/c1-4-5-7-18-10-12-19(13-11-18)31-24-29-15-22(25(26,27)28)23(32-24)30-20-8-6-9-21(14-20)33-16-17(2)3/h6,8-15,17H,4-5,7,16H2,1-3H3,(H2,29,30,31,32). The maximum absolute atomic E-state index is 13.6. The first-order chi connectivity index (χ1) is 15.7. The molecule has 0 aliphatic heterocycles. The maximum Gasteiger partial charge on any atom is 0.421 e. The second-order valence-corrected chi connectivity index (χ2v) is 8.24. The van der Waals surface area contributed by atoms with Crippen molar-refractivity contribution in [2.24, 2.45) is 5.92 Å². The van der Waals surface area contributed by atoms with Crippen LogP contribution >= 0.6 is 0 Å². The van der Waals surface area contributed by atoms with Crippen LogP contribution in [0.1, 0.15) is 44.7 Å². The van der Waals surface area contributed by atoms with Crippen LogP contribution in [-0.2, 0) is 12.6 Å². The molecule has 0 saturated heterocycles. The van der Waals surface area contributed by atoms with Crippen molar-refractivity contribution < 1.29 is 17.9 Å². The van der Waals surface area contributed by atoms with Crippen LogP contribution < -0.4 is 15.4 Å². The van der Waals surface area contributed by atoms with E-state index in [0.29, 0.717) is 29.6 Å². The third-order valence-corrected chi connectivity index (χ3v) is 4.80. The zero-order valence-corrected chi connectivity index (χ0v) is 19.0. The highest BCUT2D eigenvalue weighted by atomic mass is 19.4. The van der Waals surface area contributed by atoms with Crippen LogP contribution in [0.15, 0.2) is 54.7 Å². The lowest BCUT2D eigenvalue weighted by molar-refractivity contribution is -0.137. The fourth-order valence-corrected chi connectivity index (χ4v) is 3.07. The summed E-state index contributed by atoms with van der Waals surface area (Å²) in [4.78, 5) is 7.99. The van der Waals surface area contributed by atoms with Crippen molar-refractivity contribution in [2.45, 2.75) is 46.2 Å². The molecule has 0 unspecified atom stereocenters. The number of aryl methyl sites for hydroxylation is 1. The Kier molecular flexibility index (Phi) is 8.14. The van der Waals surface area contributed by atoms with E-state index in [1.807, 2.05) is 38.1 Å².